The molecular weight excluding hydrogens is 198 g/mol. The van der Waals surface area contributed by atoms with Crippen molar-refractivity contribution in [1.82, 2.24) is 0 Å². The zero-order valence-corrected chi connectivity index (χ0v) is 9.45. The Hall–Kier alpha value is -1.49. The molecule has 0 bridgehead atoms. The highest BCUT2D eigenvalue weighted by atomic mass is 16.3. The molecule has 1 saturated carbocycles. The minimum absolute atomic E-state index is 0.184. The summed E-state index contributed by atoms with van der Waals surface area (Å²) in [6.45, 7) is 0. The first-order valence-electron chi connectivity index (χ1n) is 6.01. The largest absolute Gasteiger partial charge is 0.508 e. The van der Waals surface area contributed by atoms with Gasteiger partial charge in [0.25, 0.3) is 0 Å². The van der Waals surface area contributed by atoms with Crippen LogP contribution in [0, 0.1) is 17.2 Å². The zero-order chi connectivity index (χ0) is 11.4. The molecule has 1 aromatic carbocycles. The van der Waals surface area contributed by atoms with E-state index in [9.17, 15) is 5.11 Å². The number of rotatable bonds is 2. The molecule has 16 heavy (non-hydrogen) atoms. The van der Waals surface area contributed by atoms with Crippen molar-refractivity contribution in [2.75, 3.05) is 0 Å². The average molecular weight is 215 g/mol. The van der Waals surface area contributed by atoms with Crippen LogP contribution in [0.2, 0.25) is 0 Å². The van der Waals surface area contributed by atoms with Gasteiger partial charge in [-0.3, -0.25) is 0 Å². The van der Waals surface area contributed by atoms with Crippen molar-refractivity contribution in [3.05, 3.63) is 29.3 Å². The van der Waals surface area contributed by atoms with Gasteiger partial charge < -0.3 is 5.11 Å². The number of hydrogen-bond donors (Lipinski definition) is 1. The Balaban J connectivity index is 2.11. The molecule has 0 amide bonds. The van der Waals surface area contributed by atoms with Crippen molar-refractivity contribution < 1.29 is 5.11 Å². The van der Waals surface area contributed by atoms with Gasteiger partial charge in [-0.05, 0) is 30.0 Å². The summed E-state index contributed by atoms with van der Waals surface area (Å²) in [4.78, 5) is 0. The summed E-state index contributed by atoms with van der Waals surface area (Å²) in [5.41, 5.74) is 1.72. The minimum Gasteiger partial charge on any atom is -0.508 e. The molecule has 2 nitrogen and oxygen atoms in total. The van der Waals surface area contributed by atoms with Gasteiger partial charge in [0.15, 0.2) is 0 Å². The van der Waals surface area contributed by atoms with E-state index in [1.54, 1.807) is 12.1 Å². The molecule has 2 rings (SSSR count). The molecule has 1 aliphatic rings. The third kappa shape index (κ3) is 2.55. The van der Waals surface area contributed by atoms with Crippen molar-refractivity contribution in [1.29, 1.82) is 5.26 Å². The molecule has 0 heterocycles. The quantitative estimate of drug-likeness (QED) is 0.821. The summed E-state index contributed by atoms with van der Waals surface area (Å²) >= 11 is 0. The number of phenols is 1. The molecule has 0 aliphatic heterocycles. The Kier molecular flexibility index (Phi) is 3.46. The van der Waals surface area contributed by atoms with Gasteiger partial charge in [0.1, 0.15) is 5.75 Å². The fourth-order valence-electron chi connectivity index (χ4n) is 2.55. The van der Waals surface area contributed by atoms with Gasteiger partial charge in [0.05, 0.1) is 11.6 Å². The van der Waals surface area contributed by atoms with Gasteiger partial charge in [0.2, 0.25) is 0 Å². The number of hydrogen-bond acceptors (Lipinski definition) is 2. The van der Waals surface area contributed by atoms with Crippen LogP contribution in [0.1, 0.15) is 43.2 Å². The highest BCUT2D eigenvalue weighted by Gasteiger charge is 2.15. The molecule has 1 fully saturated rings. The number of benzene rings is 1. The van der Waals surface area contributed by atoms with E-state index in [1.165, 1.54) is 32.1 Å². The summed E-state index contributed by atoms with van der Waals surface area (Å²) in [5.74, 6) is 0.911. The van der Waals surface area contributed by atoms with Crippen molar-refractivity contribution in [3.63, 3.8) is 0 Å². The van der Waals surface area contributed by atoms with Crippen LogP contribution in [0.3, 0.4) is 0 Å². The van der Waals surface area contributed by atoms with E-state index < -0.39 is 0 Å². The van der Waals surface area contributed by atoms with Gasteiger partial charge in [-0.25, -0.2) is 0 Å². The number of aromatic hydroxyl groups is 1. The van der Waals surface area contributed by atoms with Crippen LogP contribution >= 0.6 is 0 Å². The Morgan fingerprint density at radius 2 is 2.00 bits per heavy atom. The molecule has 1 N–H and O–H groups in total. The molecule has 0 aromatic heterocycles. The first-order valence-corrected chi connectivity index (χ1v) is 6.01. The summed E-state index contributed by atoms with van der Waals surface area (Å²) in [7, 11) is 0. The molecule has 1 aromatic rings. The Labute approximate surface area is 96.5 Å². The standard InChI is InChI=1S/C14H17NO/c15-10-13-9-14(16)7-6-12(13)8-11-4-2-1-3-5-11/h6-7,9,11,16H,1-5,8H2. The van der Waals surface area contributed by atoms with E-state index in [0.29, 0.717) is 5.56 Å². The lowest BCUT2D eigenvalue weighted by molar-refractivity contribution is 0.356. The first-order chi connectivity index (χ1) is 7.79. The molecule has 0 atom stereocenters. The van der Waals surface area contributed by atoms with E-state index >= 15 is 0 Å². The topological polar surface area (TPSA) is 44.0 Å². The number of nitrogens with zero attached hydrogens (tertiary/aromatic N) is 1. The van der Waals surface area contributed by atoms with Crippen LogP contribution in [-0.2, 0) is 6.42 Å². The second-order valence-corrected chi connectivity index (χ2v) is 4.66. The molecule has 0 radical (unpaired) electrons. The summed E-state index contributed by atoms with van der Waals surface area (Å²) in [6.07, 6.45) is 7.56. The van der Waals surface area contributed by atoms with Crippen LogP contribution in [0.4, 0.5) is 0 Å². The lowest BCUT2D eigenvalue weighted by Gasteiger charge is -2.21. The SMILES string of the molecule is N#Cc1cc(O)ccc1CC1CCCCC1. The molecule has 1 aliphatic carbocycles. The number of phenolic OH excluding ortho intramolecular Hbond substituents is 1. The van der Waals surface area contributed by atoms with Crippen molar-refractivity contribution in [3.8, 4) is 11.8 Å². The van der Waals surface area contributed by atoms with E-state index in [1.807, 2.05) is 6.07 Å². The fourth-order valence-corrected chi connectivity index (χ4v) is 2.55. The van der Waals surface area contributed by atoms with Crippen molar-refractivity contribution in [2.24, 2.45) is 5.92 Å². The molecule has 0 saturated heterocycles. The van der Waals surface area contributed by atoms with Crippen molar-refractivity contribution in [2.45, 2.75) is 38.5 Å². The van der Waals surface area contributed by atoms with Gasteiger partial charge >= 0.3 is 0 Å². The van der Waals surface area contributed by atoms with E-state index in [-0.39, 0.29) is 5.75 Å². The second-order valence-electron chi connectivity index (χ2n) is 4.66. The van der Waals surface area contributed by atoms with Gasteiger partial charge in [-0.2, -0.15) is 5.26 Å². The maximum absolute atomic E-state index is 9.32. The molecule has 0 unspecified atom stereocenters. The summed E-state index contributed by atoms with van der Waals surface area (Å²) in [6, 6.07) is 7.30. The van der Waals surface area contributed by atoms with Crippen LogP contribution in [0.15, 0.2) is 18.2 Å². The van der Waals surface area contributed by atoms with Crippen LogP contribution in [0.5, 0.6) is 5.75 Å². The van der Waals surface area contributed by atoms with Crippen molar-refractivity contribution >= 4 is 0 Å². The predicted molar refractivity (Wildman–Crippen MR) is 63.1 cm³/mol. The number of nitriles is 1. The van der Waals surface area contributed by atoms with Crippen LogP contribution in [0.25, 0.3) is 0 Å². The van der Waals surface area contributed by atoms with Gasteiger partial charge in [0, 0.05) is 0 Å². The van der Waals surface area contributed by atoms with E-state index in [0.717, 1.165) is 17.9 Å². The Morgan fingerprint density at radius 1 is 1.25 bits per heavy atom. The smallest absolute Gasteiger partial charge is 0.116 e. The minimum atomic E-state index is 0.184. The van der Waals surface area contributed by atoms with E-state index in [4.69, 9.17) is 5.26 Å². The Morgan fingerprint density at radius 3 is 2.69 bits per heavy atom. The molecule has 2 heteroatoms. The lowest BCUT2D eigenvalue weighted by atomic mass is 9.84. The van der Waals surface area contributed by atoms with E-state index in [2.05, 4.69) is 6.07 Å². The molecular formula is C14H17NO. The average Bonchev–Trinajstić information content (AvgIpc) is 2.33. The Bertz CT molecular complexity index is 400. The molecule has 84 valence electrons. The molecule has 0 spiro atoms. The maximum Gasteiger partial charge on any atom is 0.116 e. The first kappa shape index (κ1) is 11.0. The zero-order valence-electron chi connectivity index (χ0n) is 9.45. The third-order valence-corrected chi connectivity index (χ3v) is 3.45. The second kappa shape index (κ2) is 5.03. The monoisotopic (exact) mass is 215 g/mol. The summed E-state index contributed by atoms with van der Waals surface area (Å²) < 4.78 is 0. The highest BCUT2D eigenvalue weighted by molar-refractivity contribution is 5.42. The third-order valence-electron chi connectivity index (χ3n) is 3.45. The maximum atomic E-state index is 9.32. The fraction of sp³-hybridized carbons (Fsp3) is 0.500. The lowest BCUT2D eigenvalue weighted by Crippen LogP contribution is -2.10. The van der Waals surface area contributed by atoms with Crippen LogP contribution in [-0.4, -0.2) is 5.11 Å². The predicted octanol–water partition coefficient (Wildman–Crippen LogP) is 3.39. The normalized spacial score (nSPS) is 16.9. The van der Waals surface area contributed by atoms with Gasteiger partial charge in [-0.15, -0.1) is 0 Å². The highest BCUT2D eigenvalue weighted by Crippen LogP contribution is 2.28. The summed E-state index contributed by atoms with van der Waals surface area (Å²) in [5, 5.41) is 18.3. The van der Waals surface area contributed by atoms with Gasteiger partial charge in [-0.1, -0.05) is 38.2 Å². The van der Waals surface area contributed by atoms with Crippen LogP contribution < -0.4 is 0 Å².